The summed E-state index contributed by atoms with van der Waals surface area (Å²) in [4.78, 5) is 11.1. The number of carboxylic acids is 1. The minimum Gasteiger partial charge on any atom is -0.480 e. The molecule has 0 aliphatic carbocycles. The maximum absolute atomic E-state index is 11.1. The maximum atomic E-state index is 11.1. The number of benzene rings is 1. The van der Waals surface area contributed by atoms with Crippen LogP contribution in [0.5, 0.6) is 0 Å². The Morgan fingerprint density at radius 1 is 1.26 bits per heavy atom. The first-order valence-corrected chi connectivity index (χ1v) is 8.31. The number of fused-ring (bicyclic) bond motifs is 1. The van der Waals surface area contributed by atoms with Gasteiger partial charge in [-0.1, -0.05) is 18.2 Å². The summed E-state index contributed by atoms with van der Waals surface area (Å²) in [6.07, 6.45) is -5.17. The monoisotopic (exact) mass is 382 g/mol. The van der Waals surface area contributed by atoms with Gasteiger partial charge in [-0.3, -0.25) is 4.79 Å². The Morgan fingerprint density at radius 3 is 2.56 bits per heavy atom. The molecule has 10 nitrogen and oxygen atoms in total. The van der Waals surface area contributed by atoms with Gasteiger partial charge in [0.25, 0.3) is 0 Å². The Kier molecular flexibility index (Phi) is 5.23. The molecule has 27 heavy (non-hydrogen) atoms. The normalized spacial score (nSPS) is 32.5. The molecule has 1 aromatic heterocycles. The SMILES string of the molecule is NC(Cc1cn(C2O[C@@](O)(CO)[C@@H](O)[C@H](O)[C@@H]2O)c2ccccc12)C(=O)O. The number of rotatable bonds is 5. The lowest BCUT2D eigenvalue weighted by atomic mass is 9.95. The van der Waals surface area contributed by atoms with Gasteiger partial charge in [0.2, 0.25) is 5.79 Å². The van der Waals surface area contributed by atoms with E-state index in [0.717, 1.165) is 0 Å². The van der Waals surface area contributed by atoms with Crippen LogP contribution in [0.4, 0.5) is 0 Å². The zero-order valence-corrected chi connectivity index (χ0v) is 14.2. The zero-order chi connectivity index (χ0) is 19.9. The van der Waals surface area contributed by atoms with Gasteiger partial charge in [-0.15, -0.1) is 0 Å². The van der Waals surface area contributed by atoms with E-state index in [1.165, 1.54) is 10.8 Å². The number of nitrogens with zero attached hydrogens (tertiary/aromatic N) is 1. The van der Waals surface area contributed by atoms with Gasteiger partial charge in [0, 0.05) is 18.0 Å². The molecule has 1 aliphatic heterocycles. The highest BCUT2D eigenvalue weighted by atomic mass is 16.7. The van der Waals surface area contributed by atoms with Gasteiger partial charge in [0.1, 0.15) is 24.4 Å². The first-order valence-electron chi connectivity index (χ1n) is 8.31. The van der Waals surface area contributed by atoms with Crippen LogP contribution >= 0.6 is 0 Å². The quantitative estimate of drug-likeness (QED) is 0.305. The van der Waals surface area contributed by atoms with E-state index in [4.69, 9.17) is 15.6 Å². The van der Waals surface area contributed by atoms with E-state index in [2.05, 4.69) is 0 Å². The van der Waals surface area contributed by atoms with Crippen LogP contribution in [-0.2, 0) is 16.0 Å². The van der Waals surface area contributed by atoms with Gasteiger partial charge in [-0.05, 0) is 11.6 Å². The molecule has 0 bridgehead atoms. The molecule has 10 heteroatoms. The first kappa shape index (κ1) is 19.7. The van der Waals surface area contributed by atoms with Crippen molar-refractivity contribution in [2.24, 2.45) is 5.73 Å². The number of aliphatic hydroxyl groups excluding tert-OH is 4. The number of hydrogen-bond acceptors (Lipinski definition) is 8. The highest BCUT2D eigenvalue weighted by Crippen LogP contribution is 2.36. The molecule has 0 amide bonds. The van der Waals surface area contributed by atoms with Crippen molar-refractivity contribution in [1.82, 2.24) is 4.57 Å². The fourth-order valence-electron chi connectivity index (χ4n) is 3.30. The molecule has 148 valence electrons. The van der Waals surface area contributed by atoms with E-state index < -0.39 is 48.9 Å². The van der Waals surface area contributed by atoms with E-state index in [0.29, 0.717) is 16.5 Å². The first-order chi connectivity index (χ1) is 12.7. The van der Waals surface area contributed by atoms with Crippen molar-refractivity contribution in [1.29, 1.82) is 0 Å². The van der Waals surface area contributed by atoms with Crippen molar-refractivity contribution >= 4 is 16.9 Å². The van der Waals surface area contributed by atoms with E-state index >= 15 is 0 Å². The lowest BCUT2D eigenvalue weighted by Gasteiger charge is -2.45. The fourth-order valence-corrected chi connectivity index (χ4v) is 3.30. The number of hydrogen-bond donors (Lipinski definition) is 7. The number of aliphatic hydroxyl groups is 5. The van der Waals surface area contributed by atoms with Crippen LogP contribution in [0.3, 0.4) is 0 Å². The molecule has 0 saturated carbocycles. The standard InChI is InChI=1S/C17H22N2O8/c18-10(16(24)25)5-8-6-19(11-4-2-1-3-9(8)11)15-13(22)12(21)14(23)17(26,7-20)27-15/h1-4,6,10,12-15,20-23,26H,5,7,18H2,(H,24,25)/t10?,12-,13+,14+,15?,17+/m1/s1. The molecule has 8 N–H and O–H groups in total. The van der Waals surface area contributed by atoms with Crippen LogP contribution in [0.1, 0.15) is 11.8 Å². The van der Waals surface area contributed by atoms with Crippen molar-refractivity contribution in [3.8, 4) is 0 Å². The summed E-state index contributed by atoms with van der Waals surface area (Å²) in [7, 11) is 0. The third-order valence-electron chi connectivity index (χ3n) is 4.83. The average Bonchev–Trinajstić information content (AvgIpc) is 3.01. The highest BCUT2D eigenvalue weighted by Gasteiger charge is 2.53. The molecule has 1 aliphatic rings. The lowest BCUT2D eigenvalue weighted by Crippen LogP contribution is -2.64. The van der Waals surface area contributed by atoms with Crippen LogP contribution in [0.15, 0.2) is 30.5 Å². The van der Waals surface area contributed by atoms with Crippen LogP contribution in [0, 0.1) is 0 Å². The summed E-state index contributed by atoms with van der Waals surface area (Å²) >= 11 is 0. The van der Waals surface area contributed by atoms with Gasteiger partial charge in [0.05, 0.1) is 12.1 Å². The number of nitrogens with two attached hydrogens (primary N) is 1. The fraction of sp³-hybridized carbons (Fsp3) is 0.471. The van der Waals surface area contributed by atoms with E-state index in [-0.39, 0.29) is 6.42 Å². The summed E-state index contributed by atoms with van der Waals surface area (Å²) < 4.78 is 6.74. The molecular weight excluding hydrogens is 360 g/mol. The second-order valence-electron chi connectivity index (χ2n) is 6.66. The molecule has 0 spiro atoms. The number of para-hydroxylation sites is 1. The molecule has 6 atom stereocenters. The van der Waals surface area contributed by atoms with Crippen molar-refractivity contribution < 1.29 is 40.2 Å². The molecule has 2 aromatic rings. The maximum Gasteiger partial charge on any atom is 0.320 e. The Labute approximate surface area is 153 Å². The number of aliphatic carboxylic acids is 1. The van der Waals surface area contributed by atoms with Crippen LogP contribution in [0.2, 0.25) is 0 Å². The van der Waals surface area contributed by atoms with Crippen LogP contribution < -0.4 is 5.73 Å². The highest BCUT2D eigenvalue weighted by molar-refractivity contribution is 5.85. The minimum absolute atomic E-state index is 0.00110. The van der Waals surface area contributed by atoms with Crippen molar-refractivity contribution in [2.45, 2.75) is 42.8 Å². The number of aromatic nitrogens is 1. The predicted octanol–water partition coefficient (Wildman–Crippen LogP) is -2.11. The van der Waals surface area contributed by atoms with Gasteiger partial charge in [-0.2, -0.15) is 0 Å². The second kappa shape index (κ2) is 7.17. The topological polar surface area (TPSA) is 179 Å². The van der Waals surface area contributed by atoms with Gasteiger partial charge in [0.15, 0.2) is 6.23 Å². The van der Waals surface area contributed by atoms with Gasteiger partial charge in [-0.25, -0.2) is 0 Å². The van der Waals surface area contributed by atoms with E-state index in [1.54, 1.807) is 24.3 Å². The van der Waals surface area contributed by atoms with Crippen molar-refractivity contribution in [2.75, 3.05) is 6.61 Å². The smallest absolute Gasteiger partial charge is 0.320 e. The molecular formula is C17H22N2O8. The number of carbonyl (C=O) groups is 1. The Balaban J connectivity index is 2.07. The van der Waals surface area contributed by atoms with Crippen molar-refractivity contribution in [3.05, 3.63) is 36.0 Å². The largest absolute Gasteiger partial charge is 0.480 e. The van der Waals surface area contributed by atoms with Crippen molar-refractivity contribution in [3.63, 3.8) is 0 Å². The summed E-state index contributed by atoms with van der Waals surface area (Å²) in [6, 6.07) is 5.70. The van der Waals surface area contributed by atoms with Gasteiger partial charge < -0.3 is 45.7 Å². The molecule has 3 rings (SSSR count). The van der Waals surface area contributed by atoms with Crippen LogP contribution in [-0.4, -0.2) is 77.9 Å². The zero-order valence-electron chi connectivity index (χ0n) is 14.2. The Morgan fingerprint density at radius 2 is 1.93 bits per heavy atom. The molecule has 2 heterocycles. The molecule has 0 radical (unpaired) electrons. The molecule has 1 saturated heterocycles. The Hall–Kier alpha value is -2.05. The van der Waals surface area contributed by atoms with E-state index in [9.17, 15) is 30.3 Å². The predicted molar refractivity (Wildman–Crippen MR) is 91.4 cm³/mol. The van der Waals surface area contributed by atoms with Gasteiger partial charge >= 0.3 is 5.97 Å². The number of carboxylic acid groups (broad SMARTS) is 1. The van der Waals surface area contributed by atoms with Crippen LogP contribution in [0.25, 0.3) is 10.9 Å². The minimum atomic E-state index is -2.48. The molecule has 1 fully saturated rings. The summed E-state index contributed by atoms with van der Waals surface area (Å²) in [5, 5.41) is 59.7. The third-order valence-corrected chi connectivity index (χ3v) is 4.83. The lowest BCUT2D eigenvalue weighted by molar-refractivity contribution is -0.369. The summed E-state index contributed by atoms with van der Waals surface area (Å²) in [5.74, 6) is -3.65. The van der Waals surface area contributed by atoms with E-state index in [1.807, 2.05) is 0 Å². The summed E-state index contributed by atoms with van der Waals surface area (Å²) in [6.45, 7) is -1.01. The summed E-state index contributed by atoms with van der Waals surface area (Å²) in [5.41, 5.74) is 6.71. The number of ether oxygens (including phenoxy) is 1. The molecule has 2 unspecified atom stereocenters. The third kappa shape index (κ3) is 3.32. The second-order valence-corrected chi connectivity index (χ2v) is 6.66. The average molecular weight is 382 g/mol. The Bertz CT molecular complexity index is 839. The molecule has 1 aromatic carbocycles.